The van der Waals surface area contributed by atoms with E-state index < -0.39 is 0 Å². The van der Waals surface area contributed by atoms with Crippen molar-refractivity contribution in [2.24, 2.45) is 0 Å². The molecule has 1 radical (unpaired) electrons. The van der Waals surface area contributed by atoms with E-state index in [0.717, 1.165) is 6.54 Å². The van der Waals surface area contributed by atoms with Crippen LogP contribution < -0.4 is 0 Å². The molecule has 0 atom stereocenters. The molecule has 17 heavy (non-hydrogen) atoms. The Labute approximate surface area is 101 Å². The molecule has 3 rings (SSSR count). The van der Waals surface area contributed by atoms with Crippen molar-refractivity contribution in [3.8, 4) is 0 Å². The molecule has 0 spiro atoms. The number of aryl methyl sites for hydroxylation is 1. The topological polar surface area (TPSA) is 4.93 Å². The molecule has 0 bridgehead atoms. The molecule has 1 heterocycles. The van der Waals surface area contributed by atoms with Crippen LogP contribution in [0.15, 0.2) is 54.6 Å². The average molecular weight is 220 g/mol. The van der Waals surface area contributed by atoms with Crippen molar-refractivity contribution >= 4 is 10.9 Å². The van der Waals surface area contributed by atoms with Crippen molar-refractivity contribution in [1.29, 1.82) is 0 Å². The average Bonchev–Trinajstić information content (AvgIpc) is 2.68. The molecule has 0 aliphatic heterocycles. The Hall–Kier alpha value is -2.02. The van der Waals surface area contributed by atoms with Crippen molar-refractivity contribution < 1.29 is 0 Å². The largest absolute Gasteiger partial charge is 0.340 e. The predicted molar refractivity (Wildman–Crippen MR) is 71.1 cm³/mol. The summed E-state index contributed by atoms with van der Waals surface area (Å²) >= 11 is 0. The molecule has 0 saturated carbocycles. The molecule has 0 amide bonds. The van der Waals surface area contributed by atoms with Gasteiger partial charge in [-0.25, -0.2) is 0 Å². The number of para-hydroxylation sites is 1. The van der Waals surface area contributed by atoms with E-state index in [9.17, 15) is 0 Å². The van der Waals surface area contributed by atoms with Gasteiger partial charge in [0.15, 0.2) is 0 Å². The van der Waals surface area contributed by atoms with E-state index in [1.165, 1.54) is 22.2 Å². The first kappa shape index (κ1) is 10.2. The van der Waals surface area contributed by atoms with E-state index >= 15 is 0 Å². The van der Waals surface area contributed by atoms with Gasteiger partial charge in [-0.3, -0.25) is 0 Å². The second-order valence-electron chi connectivity index (χ2n) is 4.34. The van der Waals surface area contributed by atoms with Crippen LogP contribution in [0.3, 0.4) is 0 Å². The fourth-order valence-electron chi connectivity index (χ4n) is 2.27. The van der Waals surface area contributed by atoms with Gasteiger partial charge in [-0.05, 0) is 36.1 Å². The summed E-state index contributed by atoms with van der Waals surface area (Å²) in [6.45, 7) is 3.09. The molecule has 0 fully saturated rings. The first-order valence-electron chi connectivity index (χ1n) is 5.84. The number of aromatic nitrogens is 1. The number of fused-ring (bicyclic) bond motifs is 1. The van der Waals surface area contributed by atoms with E-state index in [-0.39, 0.29) is 0 Å². The van der Waals surface area contributed by atoms with Gasteiger partial charge >= 0.3 is 0 Å². The summed E-state index contributed by atoms with van der Waals surface area (Å²) in [6.07, 6.45) is 0. The van der Waals surface area contributed by atoms with Crippen LogP contribution in [-0.4, -0.2) is 4.57 Å². The summed E-state index contributed by atoms with van der Waals surface area (Å²) in [7, 11) is 0. The minimum Gasteiger partial charge on any atom is -0.340 e. The van der Waals surface area contributed by atoms with Crippen LogP contribution in [0.5, 0.6) is 0 Å². The highest BCUT2D eigenvalue weighted by atomic mass is 15.0. The maximum Gasteiger partial charge on any atom is 0.0485 e. The van der Waals surface area contributed by atoms with Gasteiger partial charge in [-0.15, -0.1) is 0 Å². The smallest absolute Gasteiger partial charge is 0.0485 e. The Morgan fingerprint density at radius 1 is 1.06 bits per heavy atom. The van der Waals surface area contributed by atoms with Crippen LogP contribution in [0.2, 0.25) is 0 Å². The zero-order chi connectivity index (χ0) is 11.7. The van der Waals surface area contributed by atoms with Crippen LogP contribution >= 0.6 is 0 Å². The van der Waals surface area contributed by atoms with Crippen LogP contribution in [-0.2, 0) is 6.54 Å². The molecule has 1 nitrogen and oxygen atoms in total. The molecular weight excluding hydrogens is 206 g/mol. The highest BCUT2D eigenvalue weighted by Gasteiger charge is 2.04. The first-order chi connectivity index (χ1) is 8.34. The number of hydrogen-bond acceptors (Lipinski definition) is 0. The molecule has 0 saturated heterocycles. The van der Waals surface area contributed by atoms with E-state index in [0.29, 0.717) is 0 Å². The van der Waals surface area contributed by atoms with Gasteiger partial charge in [-0.2, -0.15) is 0 Å². The Morgan fingerprint density at radius 3 is 2.65 bits per heavy atom. The van der Waals surface area contributed by atoms with Crippen LogP contribution in [0, 0.1) is 13.0 Å². The van der Waals surface area contributed by atoms with Crippen molar-refractivity contribution in [2.45, 2.75) is 13.5 Å². The lowest BCUT2D eigenvalue weighted by Gasteiger charge is -2.08. The Morgan fingerprint density at radius 2 is 1.82 bits per heavy atom. The second kappa shape index (κ2) is 4.10. The Bertz CT molecular complexity index is 635. The highest BCUT2D eigenvalue weighted by Crippen LogP contribution is 2.20. The number of hydrogen-bond donors (Lipinski definition) is 0. The van der Waals surface area contributed by atoms with Crippen LogP contribution in [0.25, 0.3) is 10.9 Å². The zero-order valence-corrected chi connectivity index (χ0v) is 9.85. The van der Waals surface area contributed by atoms with Crippen molar-refractivity contribution in [1.82, 2.24) is 4.57 Å². The fourth-order valence-corrected chi connectivity index (χ4v) is 2.27. The lowest BCUT2D eigenvalue weighted by Crippen LogP contribution is -2.00. The third kappa shape index (κ3) is 1.84. The Balaban J connectivity index is 2.08. The van der Waals surface area contributed by atoms with Gasteiger partial charge in [0.25, 0.3) is 0 Å². The summed E-state index contributed by atoms with van der Waals surface area (Å²) < 4.78 is 2.35. The molecule has 1 aromatic heterocycles. The maximum absolute atomic E-state index is 3.05. The molecule has 2 aromatic carbocycles. The van der Waals surface area contributed by atoms with Crippen LogP contribution in [0.4, 0.5) is 0 Å². The summed E-state index contributed by atoms with van der Waals surface area (Å²) in [5.74, 6) is 0. The van der Waals surface area contributed by atoms with Crippen molar-refractivity contribution in [2.75, 3.05) is 0 Å². The van der Waals surface area contributed by atoms with E-state index in [4.69, 9.17) is 0 Å². The SMILES string of the molecule is Cc1cc2ccccc2n1Cc1cc[c]cc1. The molecule has 0 aliphatic rings. The van der Waals surface area contributed by atoms with E-state index in [1.807, 2.05) is 12.1 Å². The van der Waals surface area contributed by atoms with Gasteiger partial charge in [0.1, 0.15) is 0 Å². The third-order valence-corrected chi connectivity index (χ3v) is 3.15. The molecular formula is C16H14N. The second-order valence-corrected chi connectivity index (χ2v) is 4.34. The number of benzene rings is 2. The van der Waals surface area contributed by atoms with E-state index in [2.05, 4.69) is 60.0 Å². The standard InChI is InChI=1S/C16H14N/c1-13-11-15-9-5-6-10-16(15)17(13)12-14-7-3-2-4-8-14/h3-11H,12H2,1H3. The van der Waals surface area contributed by atoms with Gasteiger partial charge < -0.3 is 4.57 Å². The third-order valence-electron chi connectivity index (χ3n) is 3.15. The predicted octanol–water partition coefficient (Wildman–Crippen LogP) is 3.80. The normalized spacial score (nSPS) is 10.9. The monoisotopic (exact) mass is 220 g/mol. The van der Waals surface area contributed by atoms with Gasteiger partial charge in [0.2, 0.25) is 0 Å². The molecule has 0 unspecified atom stereocenters. The van der Waals surface area contributed by atoms with Crippen molar-refractivity contribution in [3.63, 3.8) is 0 Å². The van der Waals surface area contributed by atoms with Crippen LogP contribution in [0.1, 0.15) is 11.3 Å². The summed E-state index contributed by atoms with van der Waals surface area (Å²) in [6, 6.07) is 22.0. The molecule has 1 heteroatoms. The highest BCUT2D eigenvalue weighted by molar-refractivity contribution is 5.81. The summed E-state index contributed by atoms with van der Waals surface area (Å²) in [4.78, 5) is 0. The maximum atomic E-state index is 3.05. The molecule has 0 aliphatic carbocycles. The number of nitrogens with zero attached hydrogens (tertiary/aromatic N) is 1. The van der Waals surface area contributed by atoms with Gasteiger partial charge in [0.05, 0.1) is 0 Å². The van der Waals surface area contributed by atoms with Gasteiger partial charge in [-0.1, -0.05) is 42.5 Å². The fraction of sp³-hybridized carbons (Fsp3) is 0.125. The van der Waals surface area contributed by atoms with E-state index in [1.54, 1.807) is 0 Å². The zero-order valence-electron chi connectivity index (χ0n) is 9.85. The molecule has 3 aromatic rings. The van der Waals surface area contributed by atoms with Crippen molar-refractivity contribution in [3.05, 3.63) is 71.9 Å². The lowest BCUT2D eigenvalue weighted by atomic mass is 10.2. The first-order valence-corrected chi connectivity index (χ1v) is 5.84. The summed E-state index contributed by atoms with van der Waals surface area (Å²) in [5, 5.41) is 1.31. The minimum absolute atomic E-state index is 0.925. The quantitative estimate of drug-likeness (QED) is 0.619. The minimum atomic E-state index is 0.925. The molecule has 0 N–H and O–H groups in total. The van der Waals surface area contributed by atoms with Gasteiger partial charge in [0, 0.05) is 17.8 Å². The number of rotatable bonds is 2. The lowest BCUT2D eigenvalue weighted by molar-refractivity contribution is 0.805. The summed E-state index contributed by atoms with van der Waals surface area (Å²) in [5.41, 5.74) is 3.92. The Kier molecular flexibility index (Phi) is 2.45. The molecule has 83 valence electrons.